The Morgan fingerprint density at radius 2 is 1.93 bits per heavy atom. The largest absolute Gasteiger partial charge is 0.293 e. The quantitative estimate of drug-likeness (QED) is 0.525. The monoisotopic (exact) mass is 388 g/mol. The zero-order valence-corrected chi connectivity index (χ0v) is 16.4. The Kier molecular flexibility index (Phi) is 4.08. The summed E-state index contributed by atoms with van der Waals surface area (Å²) < 4.78 is 17.3. The van der Waals surface area contributed by atoms with Gasteiger partial charge in [-0.05, 0) is 44.4 Å². The van der Waals surface area contributed by atoms with E-state index in [4.69, 9.17) is 0 Å². The van der Waals surface area contributed by atoms with Crippen molar-refractivity contribution >= 4 is 10.9 Å². The minimum atomic E-state index is -0.336. The summed E-state index contributed by atoms with van der Waals surface area (Å²) in [5, 5.41) is 9.96. The van der Waals surface area contributed by atoms with Crippen molar-refractivity contribution in [3.8, 4) is 5.69 Å². The molecule has 0 N–H and O–H groups in total. The number of halogens is 1. The average Bonchev–Trinajstić information content (AvgIpc) is 3.44. The van der Waals surface area contributed by atoms with Crippen LogP contribution in [0.25, 0.3) is 16.6 Å². The molecule has 2 aromatic heterocycles. The Morgan fingerprint density at radius 1 is 1.14 bits per heavy atom. The fourth-order valence-corrected chi connectivity index (χ4v) is 3.87. The molecule has 5 nitrogen and oxygen atoms in total. The SMILES string of the molecule is Cc1ccc(-n2ncc3c(C4CC4)nn(Cc4ccccc4F)c(=O)c32)c(C)c1. The second kappa shape index (κ2) is 6.65. The summed E-state index contributed by atoms with van der Waals surface area (Å²) >= 11 is 0. The van der Waals surface area contributed by atoms with Gasteiger partial charge in [0.25, 0.3) is 5.56 Å². The molecule has 146 valence electrons. The van der Waals surface area contributed by atoms with Crippen LogP contribution >= 0.6 is 0 Å². The smallest absolute Gasteiger partial charge is 0.265 e. The number of rotatable bonds is 4. The van der Waals surface area contributed by atoms with E-state index in [1.807, 2.05) is 26.0 Å². The molecule has 2 aromatic carbocycles. The van der Waals surface area contributed by atoms with Crippen LogP contribution < -0.4 is 5.56 Å². The number of nitrogens with zero attached hydrogens (tertiary/aromatic N) is 4. The van der Waals surface area contributed by atoms with Gasteiger partial charge in [-0.25, -0.2) is 13.8 Å². The lowest BCUT2D eigenvalue weighted by molar-refractivity contribution is 0.568. The lowest BCUT2D eigenvalue weighted by Gasteiger charge is -2.12. The summed E-state index contributed by atoms with van der Waals surface area (Å²) in [4.78, 5) is 13.4. The molecule has 1 aliphatic rings. The molecule has 0 radical (unpaired) electrons. The summed E-state index contributed by atoms with van der Waals surface area (Å²) in [5.74, 6) is -0.00103. The maximum atomic E-state index is 14.2. The zero-order valence-electron chi connectivity index (χ0n) is 16.4. The number of fused-ring (bicyclic) bond motifs is 1. The highest BCUT2D eigenvalue weighted by atomic mass is 19.1. The molecule has 2 heterocycles. The molecule has 1 fully saturated rings. The maximum absolute atomic E-state index is 14.2. The Bertz CT molecular complexity index is 1300. The van der Waals surface area contributed by atoms with Crippen molar-refractivity contribution in [2.45, 2.75) is 39.2 Å². The molecule has 6 heteroatoms. The van der Waals surface area contributed by atoms with Gasteiger partial charge >= 0.3 is 0 Å². The highest BCUT2D eigenvalue weighted by Crippen LogP contribution is 2.41. The van der Waals surface area contributed by atoms with Crippen LogP contribution in [-0.2, 0) is 6.54 Å². The van der Waals surface area contributed by atoms with Crippen LogP contribution in [0.4, 0.5) is 4.39 Å². The first-order valence-corrected chi connectivity index (χ1v) is 9.82. The first-order valence-electron chi connectivity index (χ1n) is 9.82. The molecule has 0 atom stereocenters. The van der Waals surface area contributed by atoms with Crippen molar-refractivity contribution in [1.29, 1.82) is 0 Å². The van der Waals surface area contributed by atoms with Gasteiger partial charge in [-0.1, -0.05) is 35.9 Å². The molecule has 0 saturated heterocycles. The van der Waals surface area contributed by atoms with Crippen molar-refractivity contribution in [3.63, 3.8) is 0 Å². The molecule has 5 rings (SSSR count). The first kappa shape index (κ1) is 17.8. The Labute approximate surface area is 167 Å². The lowest BCUT2D eigenvalue weighted by atomic mass is 10.1. The third kappa shape index (κ3) is 3.05. The van der Waals surface area contributed by atoms with Gasteiger partial charge in [-0.2, -0.15) is 10.2 Å². The van der Waals surface area contributed by atoms with Gasteiger partial charge in [0.15, 0.2) is 0 Å². The highest BCUT2D eigenvalue weighted by molar-refractivity contribution is 5.82. The summed E-state index contributed by atoms with van der Waals surface area (Å²) in [6, 6.07) is 12.6. The van der Waals surface area contributed by atoms with E-state index >= 15 is 0 Å². The van der Waals surface area contributed by atoms with Crippen LogP contribution in [0, 0.1) is 19.7 Å². The van der Waals surface area contributed by atoms with Crippen LogP contribution in [0.2, 0.25) is 0 Å². The molecule has 1 aliphatic carbocycles. The third-order valence-corrected chi connectivity index (χ3v) is 5.53. The molecular formula is C23H21FN4O. The Hall–Kier alpha value is -3.28. The van der Waals surface area contributed by atoms with Gasteiger partial charge in [0.2, 0.25) is 0 Å². The maximum Gasteiger partial charge on any atom is 0.293 e. The minimum absolute atomic E-state index is 0.0965. The zero-order chi connectivity index (χ0) is 20.1. The van der Waals surface area contributed by atoms with Crippen LogP contribution in [0.15, 0.2) is 53.5 Å². The van der Waals surface area contributed by atoms with Gasteiger partial charge in [0.05, 0.1) is 24.1 Å². The van der Waals surface area contributed by atoms with E-state index in [0.29, 0.717) is 17.0 Å². The number of aryl methyl sites for hydroxylation is 2. The van der Waals surface area contributed by atoms with Gasteiger partial charge < -0.3 is 0 Å². The first-order chi connectivity index (χ1) is 14.0. The van der Waals surface area contributed by atoms with Crippen molar-refractivity contribution < 1.29 is 4.39 Å². The molecule has 1 saturated carbocycles. The predicted octanol–water partition coefficient (Wildman–Crippen LogP) is 4.26. The Morgan fingerprint density at radius 3 is 2.66 bits per heavy atom. The molecule has 0 bridgehead atoms. The van der Waals surface area contributed by atoms with Gasteiger partial charge in [0, 0.05) is 16.9 Å². The van der Waals surface area contributed by atoms with Crippen molar-refractivity contribution in [2.75, 3.05) is 0 Å². The molecule has 4 aromatic rings. The number of benzene rings is 2. The molecule has 0 unspecified atom stereocenters. The van der Waals surface area contributed by atoms with E-state index in [2.05, 4.69) is 16.3 Å². The normalized spacial score (nSPS) is 13.9. The second-order valence-corrected chi connectivity index (χ2v) is 7.82. The van der Waals surface area contributed by atoms with Crippen LogP contribution in [0.3, 0.4) is 0 Å². The molecular weight excluding hydrogens is 367 g/mol. The van der Waals surface area contributed by atoms with Crippen molar-refractivity contribution in [1.82, 2.24) is 19.6 Å². The van der Waals surface area contributed by atoms with E-state index < -0.39 is 0 Å². The summed E-state index contributed by atoms with van der Waals surface area (Å²) in [6.45, 7) is 4.14. The van der Waals surface area contributed by atoms with E-state index in [1.54, 1.807) is 29.1 Å². The molecule has 0 amide bonds. The van der Waals surface area contributed by atoms with E-state index in [1.165, 1.54) is 10.7 Å². The third-order valence-electron chi connectivity index (χ3n) is 5.53. The van der Waals surface area contributed by atoms with Crippen LogP contribution in [-0.4, -0.2) is 19.6 Å². The van der Waals surface area contributed by atoms with Crippen molar-refractivity contribution in [3.05, 3.63) is 87.2 Å². The summed E-state index contributed by atoms with van der Waals surface area (Å²) in [6.07, 6.45) is 3.84. The fourth-order valence-electron chi connectivity index (χ4n) is 3.87. The molecule has 29 heavy (non-hydrogen) atoms. The van der Waals surface area contributed by atoms with Crippen LogP contribution in [0.1, 0.15) is 41.1 Å². The summed E-state index contributed by atoms with van der Waals surface area (Å²) in [5.41, 5.74) is 4.64. The average molecular weight is 388 g/mol. The summed E-state index contributed by atoms with van der Waals surface area (Å²) in [7, 11) is 0. The number of hydrogen-bond acceptors (Lipinski definition) is 3. The molecule has 0 aliphatic heterocycles. The van der Waals surface area contributed by atoms with E-state index in [0.717, 1.165) is 40.7 Å². The number of aromatic nitrogens is 4. The van der Waals surface area contributed by atoms with E-state index in [9.17, 15) is 9.18 Å². The molecule has 0 spiro atoms. The topological polar surface area (TPSA) is 52.7 Å². The second-order valence-electron chi connectivity index (χ2n) is 7.82. The Balaban J connectivity index is 1.74. The fraction of sp³-hybridized carbons (Fsp3) is 0.261. The highest BCUT2D eigenvalue weighted by Gasteiger charge is 2.30. The van der Waals surface area contributed by atoms with Gasteiger partial charge in [-0.15, -0.1) is 0 Å². The van der Waals surface area contributed by atoms with Crippen LogP contribution in [0.5, 0.6) is 0 Å². The van der Waals surface area contributed by atoms with Gasteiger partial charge in [-0.3, -0.25) is 4.79 Å². The predicted molar refractivity (Wildman–Crippen MR) is 110 cm³/mol. The van der Waals surface area contributed by atoms with Gasteiger partial charge in [0.1, 0.15) is 11.3 Å². The van der Waals surface area contributed by atoms with E-state index in [-0.39, 0.29) is 17.9 Å². The van der Waals surface area contributed by atoms with Crippen molar-refractivity contribution in [2.24, 2.45) is 0 Å². The standard InChI is InChI=1S/C23H21FN4O/c1-14-7-10-20(15(2)11-14)28-22-18(12-25-28)21(16-8-9-16)26-27(23(22)29)13-17-5-3-4-6-19(17)24/h3-7,10-12,16H,8-9,13H2,1-2H3. The lowest BCUT2D eigenvalue weighted by Crippen LogP contribution is -2.27. The number of hydrogen-bond donors (Lipinski definition) is 0. The minimum Gasteiger partial charge on any atom is -0.265 e.